The minimum Gasteiger partial charge on any atom is -0.370 e. The molecule has 1 aliphatic rings. The van der Waals surface area contributed by atoms with Gasteiger partial charge in [0, 0.05) is 25.2 Å². The van der Waals surface area contributed by atoms with Gasteiger partial charge in [-0.05, 0) is 38.5 Å². The molecule has 0 spiro atoms. The average molecular weight is 276 g/mol. The number of hydrogen-bond donors (Lipinski definition) is 1. The third-order valence-electron chi connectivity index (χ3n) is 4.17. The quantitative estimate of drug-likeness (QED) is 0.825. The van der Waals surface area contributed by atoms with Crippen LogP contribution in [0.5, 0.6) is 0 Å². The molecule has 0 saturated heterocycles. The van der Waals surface area contributed by atoms with Crippen LogP contribution in [0.1, 0.15) is 58.4 Å². The maximum Gasteiger partial charge on any atom is 0.137 e. The van der Waals surface area contributed by atoms with Crippen molar-refractivity contribution in [1.82, 2.24) is 9.97 Å². The summed E-state index contributed by atoms with van der Waals surface area (Å²) >= 11 is 0. The van der Waals surface area contributed by atoms with Crippen molar-refractivity contribution in [3.05, 3.63) is 11.9 Å². The molecule has 1 saturated carbocycles. The van der Waals surface area contributed by atoms with Gasteiger partial charge in [0.2, 0.25) is 0 Å². The van der Waals surface area contributed by atoms with Crippen LogP contribution in [0.3, 0.4) is 0 Å². The third-order valence-corrected chi connectivity index (χ3v) is 4.17. The Labute approximate surface area is 123 Å². The van der Waals surface area contributed by atoms with E-state index in [0.29, 0.717) is 5.92 Å². The molecule has 0 aliphatic heterocycles. The highest BCUT2D eigenvalue weighted by atomic mass is 15.2. The van der Waals surface area contributed by atoms with Gasteiger partial charge >= 0.3 is 0 Å². The summed E-state index contributed by atoms with van der Waals surface area (Å²) in [6, 6.07) is 0. The second kappa shape index (κ2) is 6.91. The van der Waals surface area contributed by atoms with Crippen molar-refractivity contribution < 1.29 is 0 Å². The van der Waals surface area contributed by atoms with Gasteiger partial charge in [0.1, 0.15) is 18.0 Å². The van der Waals surface area contributed by atoms with Crippen LogP contribution in [-0.2, 0) is 0 Å². The third kappa shape index (κ3) is 3.22. The molecular weight excluding hydrogens is 248 g/mol. The molecule has 112 valence electrons. The Kier molecular flexibility index (Phi) is 5.21. The maximum absolute atomic E-state index is 4.60. The van der Waals surface area contributed by atoms with Crippen LogP contribution in [0.2, 0.25) is 0 Å². The fourth-order valence-corrected chi connectivity index (χ4v) is 2.83. The van der Waals surface area contributed by atoms with Crippen LogP contribution < -0.4 is 10.2 Å². The van der Waals surface area contributed by atoms with Crippen LogP contribution >= 0.6 is 0 Å². The van der Waals surface area contributed by atoms with Crippen LogP contribution in [0.25, 0.3) is 0 Å². The number of nitrogens with zero attached hydrogens (tertiary/aromatic N) is 3. The largest absolute Gasteiger partial charge is 0.370 e. The summed E-state index contributed by atoms with van der Waals surface area (Å²) in [4.78, 5) is 11.5. The van der Waals surface area contributed by atoms with Gasteiger partial charge in [0.05, 0.1) is 0 Å². The van der Waals surface area contributed by atoms with Crippen molar-refractivity contribution in [2.24, 2.45) is 5.92 Å². The van der Waals surface area contributed by atoms with E-state index in [2.05, 4.69) is 47.9 Å². The Balaban J connectivity index is 2.29. The minimum absolute atomic E-state index is 0.427. The number of hydrogen-bond acceptors (Lipinski definition) is 4. The fraction of sp³-hybridized carbons (Fsp3) is 0.750. The van der Waals surface area contributed by atoms with Gasteiger partial charge in [0.15, 0.2) is 0 Å². The molecule has 1 aromatic rings. The normalized spacial score (nSPS) is 15.2. The van der Waals surface area contributed by atoms with Gasteiger partial charge in [-0.25, -0.2) is 9.97 Å². The van der Waals surface area contributed by atoms with Gasteiger partial charge in [-0.1, -0.05) is 20.3 Å². The van der Waals surface area contributed by atoms with Gasteiger partial charge in [-0.15, -0.1) is 0 Å². The van der Waals surface area contributed by atoms with Gasteiger partial charge in [0.25, 0.3) is 0 Å². The number of anilines is 2. The van der Waals surface area contributed by atoms with Crippen molar-refractivity contribution in [1.29, 1.82) is 0 Å². The van der Waals surface area contributed by atoms with E-state index >= 15 is 0 Å². The Bertz CT molecular complexity index is 426. The first kappa shape index (κ1) is 15.1. The van der Waals surface area contributed by atoms with Crippen LogP contribution in [0, 0.1) is 5.92 Å². The molecular formula is C16H28N4. The highest BCUT2D eigenvalue weighted by Gasteiger charge is 2.24. The first-order valence-corrected chi connectivity index (χ1v) is 8.01. The van der Waals surface area contributed by atoms with E-state index in [1.165, 1.54) is 24.8 Å². The van der Waals surface area contributed by atoms with E-state index in [-0.39, 0.29) is 0 Å². The van der Waals surface area contributed by atoms with E-state index < -0.39 is 0 Å². The number of rotatable bonds is 7. The number of nitrogens with one attached hydrogen (secondary N) is 1. The lowest BCUT2D eigenvalue weighted by atomic mass is 9.85. The molecule has 1 aliphatic carbocycles. The van der Waals surface area contributed by atoms with Gasteiger partial charge in [-0.2, -0.15) is 0 Å². The lowest BCUT2D eigenvalue weighted by molar-refractivity contribution is 0.318. The van der Waals surface area contributed by atoms with Gasteiger partial charge in [-0.3, -0.25) is 0 Å². The second-order valence-corrected chi connectivity index (χ2v) is 5.98. The molecule has 4 nitrogen and oxygen atoms in total. The topological polar surface area (TPSA) is 41.1 Å². The molecule has 0 amide bonds. The van der Waals surface area contributed by atoms with Crippen LogP contribution in [0.4, 0.5) is 11.6 Å². The predicted octanol–water partition coefficient (Wildman–Crippen LogP) is 3.66. The summed E-state index contributed by atoms with van der Waals surface area (Å²) in [6.07, 6.45) is 5.84. The predicted molar refractivity (Wildman–Crippen MR) is 85.5 cm³/mol. The number of aromatic nitrogens is 2. The lowest BCUT2D eigenvalue weighted by Gasteiger charge is -2.34. The Morgan fingerprint density at radius 3 is 2.55 bits per heavy atom. The zero-order valence-electron chi connectivity index (χ0n) is 13.3. The summed E-state index contributed by atoms with van der Waals surface area (Å²) in [5.74, 6) is 3.41. The molecule has 0 atom stereocenters. The Morgan fingerprint density at radius 1 is 1.30 bits per heavy atom. The van der Waals surface area contributed by atoms with E-state index in [9.17, 15) is 0 Å². The summed E-state index contributed by atoms with van der Waals surface area (Å²) in [5.41, 5.74) is 1.26. The second-order valence-electron chi connectivity index (χ2n) is 5.98. The lowest BCUT2D eigenvalue weighted by Crippen LogP contribution is -2.34. The zero-order valence-corrected chi connectivity index (χ0v) is 13.3. The molecule has 0 aromatic carbocycles. The molecule has 1 heterocycles. The van der Waals surface area contributed by atoms with E-state index in [0.717, 1.165) is 37.2 Å². The highest BCUT2D eigenvalue weighted by Crippen LogP contribution is 2.33. The molecule has 1 fully saturated rings. The minimum atomic E-state index is 0.427. The Hall–Kier alpha value is -1.32. The van der Waals surface area contributed by atoms with Crippen LogP contribution in [-0.4, -0.2) is 29.6 Å². The summed E-state index contributed by atoms with van der Waals surface area (Å²) < 4.78 is 0. The van der Waals surface area contributed by atoms with Crippen LogP contribution in [0.15, 0.2) is 6.33 Å². The van der Waals surface area contributed by atoms with Crippen molar-refractivity contribution in [3.8, 4) is 0 Å². The summed E-state index contributed by atoms with van der Waals surface area (Å²) in [7, 11) is 0. The first-order chi connectivity index (χ1) is 9.67. The van der Waals surface area contributed by atoms with E-state index in [4.69, 9.17) is 0 Å². The molecule has 0 radical (unpaired) electrons. The summed E-state index contributed by atoms with van der Waals surface area (Å²) in [5, 5.41) is 3.38. The molecule has 0 bridgehead atoms. The first-order valence-electron chi connectivity index (χ1n) is 8.01. The smallest absolute Gasteiger partial charge is 0.137 e. The standard InChI is InChI=1S/C16H28N4/c1-5-17-15-14(12(3)4)16(19-11-18-15)20(6-2)10-13-8-7-9-13/h11-13H,5-10H2,1-4H3,(H,17,18,19). The molecule has 0 unspecified atom stereocenters. The zero-order chi connectivity index (χ0) is 14.5. The molecule has 4 heteroatoms. The van der Waals surface area contributed by atoms with Crippen molar-refractivity contribution in [3.63, 3.8) is 0 Å². The van der Waals surface area contributed by atoms with E-state index in [1.807, 2.05) is 0 Å². The molecule has 20 heavy (non-hydrogen) atoms. The fourth-order valence-electron chi connectivity index (χ4n) is 2.83. The SMILES string of the molecule is CCNc1ncnc(N(CC)CC2CCC2)c1C(C)C. The van der Waals surface area contributed by atoms with Crippen molar-refractivity contribution in [2.45, 2.75) is 52.9 Å². The maximum atomic E-state index is 4.60. The Morgan fingerprint density at radius 2 is 2.05 bits per heavy atom. The average Bonchev–Trinajstić information content (AvgIpc) is 2.37. The van der Waals surface area contributed by atoms with Gasteiger partial charge < -0.3 is 10.2 Å². The summed E-state index contributed by atoms with van der Waals surface area (Å²) in [6.45, 7) is 11.8. The van der Waals surface area contributed by atoms with Crippen molar-refractivity contribution >= 4 is 11.6 Å². The van der Waals surface area contributed by atoms with E-state index in [1.54, 1.807) is 6.33 Å². The molecule has 1 aromatic heterocycles. The van der Waals surface area contributed by atoms with Crippen molar-refractivity contribution in [2.75, 3.05) is 29.9 Å². The highest BCUT2D eigenvalue weighted by molar-refractivity contribution is 5.60. The monoisotopic (exact) mass is 276 g/mol. The molecule has 2 rings (SSSR count). The molecule has 1 N–H and O–H groups in total.